The molecular formula is C12H16N4. The first-order chi connectivity index (χ1) is 7.69. The van der Waals surface area contributed by atoms with Crippen molar-refractivity contribution in [3.05, 3.63) is 23.4 Å². The average molecular weight is 216 g/mol. The maximum Gasteiger partial charge on any atom is 0.130 e. The second-order valence-corrected chi connectivity index (χ2v) is 4.27. The van der Waals surface area contributed by atoms with E-state index in [2.05, 4.69) is 28.2 Å². The van der Waals surface area contributed by atoms with E-state index < -0.39 is 0 Å². The Bertz CT molecular complexity index is 422. The van der Waals surface area contributed by atoms with E-state index in [0.717, 1.165) is 31.1 Å². The molecule has 1 aromatic rings. The quantitative estimate of drug-likeness (QED) is 0.762. The van der Waals surface area contributed by atoms with Crippen molar-refractivity contribution >= 4 is 5.82 Å². The van der Waals surface area contributed by atoms with Gasteiger partial charge in [-0.3, -0.25) is 0 Å². The second kappa shape index (κ2) is 4.50. The smallest absolute Gasteiger partial charge is 0.130 e. The van der Waals surface area contributed by atoms with Crippen molar-refractivity contribution in [3.63, 3.8) is 0 Å². The van der Waals surface area contributed by atoms with Gasteiger partial charge < -0.3 is 10.2 Å². The summed E-state index contributed by atoms with van der Waals surface area (Å²) < 4.78 is 0. The number of nitrogens with zero attached hydrogens (tertiary/aromatic N) is 3. The third kappa shape index (κ3) is 2.31. The van der Waals surface area contributed by atoms with Gasteiger partial charge in [-0.1, -0.05) is 0 Å². The molecule has 1 unspecified atom stereocenters. The highest BCUT2D eigenvalue weighted by Gasteiger charge is 2.17. The number of piperazine rings is 1. The van der Waals surface area contributed by atoms with Crippen molar-refractivity contribution in [1.29, 1.82) is 5.26 Å². The highest BCUT2D eigenvalue weighted by atomic mass is 15.2. The number of nitriles is 1. The lowest BCUT2D eigenvalue weighted by Gasteiger charge is -2.32. The van der Waals surface area contributed by atoms with Crippen molar-refractivity contribution in [2.75, 3.05) is 24.5 Å². The van der Waals surface area contributed by atoms with Crippen LogP contribution in [0.15, 0.2) is 12.1 Å². The minimum atomic E-state index is 0.474. The first kappa shape index (κ1) is 10.9. The summed E-state index contributed by atoms with van der Waals surface area (Å²) >= 11 is 0. The Balaban J connectivity index is 2.26. The summed E-state index contributed by atoms with van der Waals surface area (Å²) in [6.45, 7) is 6.95. The average Bonchev–Trinajstić information content (AvgIpc) is 2.28. The number of aromatic nitrogens is 1. The van der Waals surface area contributed by atoms with Crippen LogP contribution in [-0.4, -0.2) is 30.7 Å². The molecule has 0 radical (unpaired) electrons. The molecule has 84 valence electrons. The fraction of sp³-hybridized carbons (Fsp3) is 0.500. The standard InChI is InChI=1S/C12H16N4/c1-9-5-11(7-13)6-12(15-9)16-4-3-14-10(2)8-16/h5-6,10,14H,3-4,8H2,1-2H3. The molecule has 0 amide bonds. The fourth-order valence-electron chi connectivity index (χ4n) is 2.02. The van der Waals surface area contributed by atoms with E-state index in [4.69, 9.17) is 5.26 Å². The molecular weight excluding hydrogens is 200 g/mol. The highest BCUT2D eigenvalue weighted by molar-refractivity contribution is 5.47. The van der Waals surface area contributed by atoms with E-state index in [1.54, 1.807) is 0 Å². The molecule has 1 saturated heterocycles. The molecule has 1 aliphatic heterocycles. The third-order valence-electron chi connectivity index (χ3n) is 2.76. The molecule has 1 aromatic heterocycles. The van der Waals surface area contributed by atoms with E-state index in [1.165, 1.54) is 0 Å². The number of pyridine rings is 1. The Morgan fingerprint density at radius 3 is 3.06 bits per heavy atom. The molecule has 2 rings (SSSR count). The van der Waals surface area contributed by atoms with Gasteiger partial charge in [-0.25, -0.2) is 4.98 Å². The van der Waals surface area contributed by atoms with Gasteiger partial charge in [0.05, 0.1) is 11.6 Å². The van der Waals surface area contributed by atoms with Crippen LogP contribution in [0.25, 0.3) is 0 Å². The lowest BCUT2D eigenvalue weighted by atomic mass is 10.2. The van der Waals surface area contributed by atoms with E-state index in [-0.39, 0.29) is 0 Å². The molecule has 1 aliphatic rings. The van der Waals surface area contributed by atoms with Gasteiger partial charge in [0.25, 0.3) is 0 Å². The van der Waals surface area contributed by atoms with E-state index in [0.29, 0.717) is 11.6 Å². The minimum absolute atomic E-state index is 0.474. The Morgan fingerprint density at radius 2 is 2.38 bits per heavy atom. The molecule has 1 atom stereocenters. The normalized spacial score (nSPS) is 20.6. The zero-order valence-electron chi connectivity index (χ0n) is 9.70. The zero-order chi connectivity index (χ0) is 11.5. The Labute approximate surface area is 95.9 Å². The van der Waals surface area contributed by atoms with E-state index in [9.17, 15) is 0 Å². The van der Waals surface area contributed by atoms with Gasteiger partial charge in [-0.2, -0.15) is 5.26 Å². The van der Waals surface area contributed by atoms with Crippen LogP contribution in [0.3, 0.4) is 0 Å². The Morgan fingerprint density at radius 1 is 1.56 bits per heavy atom. The van der Waals surface area contributed by atoms with Crippen molar-refractivity contribution in [1.82, 2.24) is 10.3 Å². The van der Waals surface area contributed by atoms with Crippen LogP contribution < -0.4 is 10.2 Å². The molecule has 16 heavy (non-hydrogen) atoms. The van der Waals surface area contributed by atoms with Crippen LogP contribution in [0.1, 0.15) is 18.2 Å². The van der Waals surface area contributed by atoms with Crippen molar-refractivity contribution in [2.45, 2.75) is 19.9 Å². The predicted molar refractivity (Wildman–Crippen MR) is 63.4 cm³/mol. The van der Waals surface area contributed by atoms with E-state index in [1.807, 2.05) is 19.1 Å². The van der Waals surface area contributed by atoms with Crippen molar-refractivity contribution in [2.24, 2.45) is 0 Å². The number of nitrogens with one attached hydrogen (secondary N) is 1. The summed E-state index contributed by atoms with van der Waals surface area (Å²) in [5, 5.41) is 12.3. The lowest BCUT2D eigenvalue weighted by molar-refractivity contribution is 0.482. The fourth-order valence-corrected chi connectivity index (χ4v) is 2.02. The topological polar surface area (TPSA) is 52.0 Å². The lowest BCUT2D eigenvalue weighted by Crippen LogP contribution is -2.49. The molecule has 1 N–H and O–H groups in total. The number of hydrogen-bond donors (Lipinski definition) is 1. The van der Waals surface area contributed by atoms with Crippen LogP contribution in [-0.2, 0) is 0 Å². The number of rotatable bonds is 1. The van der Waals surface area contributed by atoms with Gasteiger partial charge in [-0.05, 0) is 26.0 Å². The summed E-state index contributed by atoms with van der Waals surface area (Å²) in [6, 6.07) is 6.33. The van der Waals surface area contributed by atoms with Crippen LogP contribution >= 0.6 is 0 Å². The molecule has 0 saturated carbocycles. The van der Waals surface area contributed by atoms with Gasteiger partial charge in [-0.15, -0.1) is 0 Å². The number of anilines is 1. The maximum absolute atomic E-state index is 8.93. The van der Waals surface area contributed by atoms with Crippen molar-refractivity contribution < 1.29 is 0 Å². The van der Waals surface area contributed by atoms with Gasteiger partial charge in [0.15, 0.2) is 0 Å². The molecule has 0 aromatic carbocycles. The second-order valence-electron chi connectivity index (χ2n) is 4.27. The van der Waals surface area contributed by atoms with Gasteiger partial charge >= 0.3 is 0 Å². The van der Waals surface area contributed by atoms with Crippen LogP contribution in [0.5, 0.6) is 0 Å². The van der Waals surface area contributed by atoms with Crippen LogP contribution in [0, 0.1) is 18.3 Å². The molecule has 1 fully saturated rings. The third-order valence-corrected chi connectivity index (χ3v) is 2.76. The maximum atomic E-state index is 8.93. The van der Waals surface area contributed by atoms with Crippen molar-refractivity contribution in [3.8, 4) is 6.07 Å². The Hall–Kier alpha value is -1.60. The molecule has 4 nitrogen and oxygen atoms in total. The van der Waals surface area contributed by atoms with Crippen LogP contribution in [0.4, 0.5) is 5.82 Å². The number of aryl methyl sites for hydroxylation is 1. The monoisotopic (exact) mass is 216 g/mol. The van der Waals surface area contributed by atoms with Crippen LogP contribution in [0.2, 0.25) is 0 Å². The SMILES string of the molecule is Cc1cc(C#N)cc(N2CCNC(C)C2)n1. The summed E-state index contributed by atoms with van der Waals surface area (Å²) in [4.78, 5) is 6.72. The van der Waals surface area contributed by atoms with Gasteiger partial charge in [0, 0.05) is 31.4 Å². The molecule has 0 bridgehead atoms. The first-order valence-corrected chi connectivity index (χ1v) is 5.56. The minimum Gasteiger partial charge on any atom is -0.354 e. The molecule has 0 spiro atoms. The largest absolute Gasteiger partial charge is 0.354 e. The molecule has 0 aliphatic carbocycles. The highest BCUT2D eigenvalue weighted by Crippen LogP contribution is 2.16. The summed E-state index contributed by atoms with van der Waals surface area (Å²) in [6.07, 6.45) is 0. The van der Waals surface area contributed by atoms with Gasteiger partial charge in [0.1, 0.15) is 5.82 Å². The summed E-state index contributed by atoms with van der Waals surface area (Å²) in [7, 11) is 0. The van der Waals surface area contributed by atoms with Gasteiger partial charge in [0.2, 0.25) is 0 Å². The summed E-state index contributed by atoms with van der Waals surface area (Å²) in [5.74, 6) is 0.921. The Kier molecular flexibility index (Phi) is 3.07. The number of hydrogen-bond acceptors (Lipinski definition) is 4. The predicted octanol–water partition coefficient (Wildman–Crippen LogP) is 1.06. The summed E-state index contributed by atoms with van der Waals surface area (Å²) in [5.41, 5.74) is 1.59. The molecule has 4 heteroatoms. The molecule has 2 heterocycles. The first-order valence-electron chi connectivity index (χ1n) is 5.56. The zero-order valence-corrected chi connectivity index (χ0v) is 9.70. The van der Waals surface area contributed by atoms with E-state index >= 15 is 0 Å².